The van der Waals surface area contributed by atoms with E-state index in [4.69, 9.17) is 5.11 Å². The second-order valence-corrected chi connectivity index (χ2v) is 4.42. The van der Waals surface area contributed by atoms with Gasteiger partial charge in [-0.05, 0) is 31.0 Å². The van der Waals surface area contributed by atoms with E-state index in [9.17, 15) is 14.4 Å². The Morgan fingerprint density at radius 1 is 1.26 bits per heavy atom. The van der Waals surface area contributed by atoms with Crippen molar-refractivity contribution in [2.24, 2.45) is 5.92 Å². The molecule has 0 spiro atoms. The molecule has 0 bridgehead atoms. The molecule has 1 fully saturated rings. The van der Waals surface area contributed by atoms with Gasteiger partial charge in [0.2, 0.25) is 5.91 Å². The molecule has 1 saturated carbocycles. The van der Waals surface area contributed by atoms with E-state index in [1.165, 1.54) is 6.07 Å². The SMILES string of the molecule is O=C(O)CNC(=O)c1cccc(NC(=O)C2CC2)c1. The van der Waals surface area contributed by atoms with Gasteiger partial charge in [-0.25, -0.2) is 0 Å². The Morgan fingerprint density at radius 2 is 2.00 bits per heavy atom. The second-order valence-electron chi connectivity index (χ2n) is 4.42. The van der Waals surface area contributed by atoms with Crippen LogP contribution in [0.3, 0.4) is 0 Å². The predicted octanol–water partition coefficient (Wildman–Crippen LogP) is 0.849. The van der Waals surface area contributed by atoms with Gasteiger partial charge in [-0.15, -0.1) is 0 Å². The quantitative estimate of drug-likeness (QED) is 0.733. The molecule has 2 rings (SSSR count). The Balaban J connectivity index is 1.99. The monoisotopic (exact) mass is 262 g/mol. The van der Waals surface area contributed by atoms with Gasteiger partial charge in [0.15, 0.2) is 0 Å². The number of carboxylic acid groups (broad SMARTS) is 1. The second kappa shape index (κ2) is 5.51. The molecular formula is C13H14N2O4. The molecule has 0 saturated heterocycles. The molecule has 0 heterocycles. The summed E-state index contributed by atoms with van der Waals surface area (Å²) >= 11 is 0. The number of benzene rings is 1. The van der Waals surface area contributed by atoms with Gasteiger partial charge in [-0.1, -0.05) is 6.07 Å². The first-order valence-corrected chi connectivity index (χ1v) is 5.97. The highest BCUT2D eigenvalue weighted by molar-refractivity contribution is 5.99. The van der Waals surface area contributed by atoms with E-state index in [1.54, 1.807) is 18.2 Å². The third kappa shape index (κ3) is 3.80. The summed E-state index contributed by atoms with van der Waals surface area (Å²) in [5.41, 5.74) is 0.856. The van der Waals surface area contributed by atoms with Crippen LogP contribution in [0.25, 0.3) is 0 Å². The van der Waals surface area contributed by atoms with E-state index >= 15 is 0 Å². The maximum Gasteiger partial charge on any atom is 0.322 e. The number of aliphatic carboxylic acids is 1. The minimum absolute atomic E-state index is 0.0388. The highest BCUT2D eigenvalue weighted by Crippen LogP contribution is 2.30. The van der Waals surface area contributed by atoms with Crippen molar-refractivity contribution in [1.82, 2.24) is 5.32 Å². The molecule has 6 nitrogen and oxygen atoms in total. The number of amides is 2. The molecule has 0 radical (unpaired) electrons. The van der Waals surface area contributed by atoms with Crippen LogP contribution in [0.4, 0.5) is 5.69 Å². The van der Waals surface area contributed by atoms with Gasteiger partial charge in [0.25, 0.3) is 5.91 Å². The van der Waals surface area contributed by atoms with Crippen molar-refractivity contribution in [3.8, 4) is 0 Å². The van der Waals surface area contributed by atoms with E-state index in [2.05, 4.69) is 10.6 Å². The minimum atomic E-state index is -1.11. The molecule has 0 aromatic heterocycles. The average molecular weight is 262 g/mol. The fourth-order valence-electron chi connectivity index (χ4n) is 1.59. The Kier molecular flexibility index (Phi) is 3.79. The van der Waals surface area contributed by atoms with Crippen molar-refractivity contribution in [2.45, 2.75) is 12.8 Å². The highest BCUT2D eigenvalue weighted by atomic mass is 16.4. The van der Waals surface area contributed by atoms with Crippen LogP contribution < -0.4 is 10.6 Å². The Morgan fingerprint density at radius 3 is 2.63 bits per heavy atom. The summed E-state index contributed by atoms with van der Waals surface area (Å²) < 4.78 is 0. The van der Waals surface area contributed by atoms with Crippen LogP contribution in [0, 0.1) is 5.92 Å². The summed E-state index contributed by atoms with van der Waals surface area (Å²) in [4.78, 5) is 33.6. The molecule has 0 aliphatic heterocycles. The van der Waals surface area contributed by atoms with Crippen molar-refractivity contribution < 1.29 is 19.5 Å². The molecule has 1 aromatic rings. The number of carboxylic acids is 1. The van der Waals surface area contributed by atoms with Crippen molar-refractivity contribution in [1.29, 1.82) is 0 Å². The van der Waals surface area contributed by atoms with Crippen LogP contribution in [0.1, 0.15) is 23.2 Å². The third-order valence-electron chi connectivity index (χ3n) is 2.74. The van der Waals surface area contributed by atoms with E-state index in [-0.39, 0.29) is 11.8 Å². The van der Waals surface area contributed by atoms with Crippen molar-refractivity contribution in [2.75, 3.05) is 11.9 Å². The number of hydrogen-bond donors (Lipinski definition) is 3. The summed E-state index contributed by atoms with van der Waals surface area (Å²) in [6, 6.07) is 6.41. The molecule has 6 heteroatoms. The maximum atomic E-state index is 11.6. The van der Waals surface area contributed by atoms with Gasteiger partial charge in [0.05, 0.1) is 0 Å². The van der Waals surface area contributed by atoms with Crippen LogP contribution in [0.15, 0.2) is 24.3 Å². The van der Waals surface area contributed by atoms with Crippen molar-refractivity contribution in [3.63, 3.8) is 0 Å². The number of carbonyl (C=O) groups excluding carboxylic acids is 2. The van der Waals surface area contributed by atoms with E-state index in [1.807, 2.05) is 0 Å². The van der Waals surface area contributed by atoms with Crippen LogP contribution in [0.2, 0.25) is 0 Å². The summed E-state index contributed by atoms with van der Waals surface area (Å²) in [7, 11) is 0. The Labute approximate surface area is 109 Å². The standard InChI is InChI=1S/C13H14N2O4/c16-11(17)7-14-12(18)9-2-1-3-10(6-9)15-13(19)8-4-5-8/h1-3,6,8H,4-5,7H2,(H,14,18)(H,15,19)(H,16,17). The molecule has 0 atom stereocenters. The largest absolute Gasteiger partial charge is 0.480 e. The topological polar surface area (TPSA) is 95.5 Å². The lowest BCUT2D eigenvalue weighted by atomic mass is 10.2. The molecule has 1 aliphatic rings. The van der Waals surface area contributed by atoms with Crippen molar-refractivity contribution >= 4 is 23.5 Å². The van der Waals surface area contributed by atoms with Gasteiger partial charge >= 0.3 is 5.97 Å². The molecular weight excluding hydrogens is 248 g/mol. The molecule has 1 aliphatic carbocycles. The molecule has 3 N–H and O–H groups in total. The lowest BCUT2D eigenvalue weighted by molar-refractivity contribution is -0.135. The zero-order valence-corrected chi connectivity index (χ0v) is 10.2. The molecule has 100 valence electrons. The van der Waals surface area contributed by atoms with Crippen LogP contribution >= 0.6 is 0 Å². The summed E-state index contributed by atoms with van der Waals surface area (Å²) in [5, 5.41) is 13.5. The summed E-state index contributed by atoms with van der Waals surface area (Å²) in [5.74, 6) is -1.54. The van der Waals surface area contributed by atoms with Gasteiger partial charge < -0.3 is 15.7 Å². The Bertz CT molecular complexity index is 523. The molecule has 1 aromatic carbocycles. The highest BCUT2D eigenvalue weighted by Gasteiger charge is 2.29. The lowest BCUT2D eigenvalue weighted by Crippen LogP contribution is -2.29. The number of rotatable bonds is 5. The van der Waals surface area contributed by atoms with Crippen LogP contribution in [-0.2, 0) is 9.59 Å². The van der Waals surface area contributed by atoms with Gasteiger partial charge in [0, 0.05) is 17.2 Å². The minimum Gasteiger partial charge on any atom is -0.480 e. The lowest BCUT2D eigenvalue weighted by Gasteiger charge is -2.07. The number of carbonyl (C=O) groups is 3. The fraction of sp³-hybridized carbons (Fsp3) is 0.308. The van der Waals surface area contributed by atoms with Crippen molar-refractivity contribution in [3.05, 3.63) is 29.8 Å². The van der Waals surface area contributed by atoms with E-state index in [0.29, 0.717) is 11.3 Å². The normalized spacial score (nSPS) is 13.7. The first-order valence-electron chi connectivity index (χ1n) is 5.97. The number of nitrogens with one attached hydrogen (secondary N) is 2. The summed E-state index contributed by atoms with van der Waals surface area (Å²) in [6.07, 6.45) is 1.81. The average Bonchev–Trinajstić information content (AvgIpc) is 3.20. The van der Waals surface area contributed by atoms with Crippen LogP contribution in [0.5, 0.6) is 0 Å². The maximum absolute atomic E-state index is 11.6. The van der Waals surface area contributed by atoms with Gasteiger partial charge in [-0.3, -0.25) is 14.4 Å². The fourth-order valence-corrected chi connectivity index (χ4v) is 1.59. The Hall–Kier alpha value is -2.37. The zero-order chi connectivity index (χ0) is 13.8. The third-order valence-corrected chi connectivity index (χ3v) is 2.74. The van der Waals surface area contributed by atoms with Gasteiger partial charge in [0.1, 0.15) is 6.54 Å². The van der Waals surface area contributed by atoms with Crippen LogP contribution in [-0.4, -0.2) is 29.4 Å². The molecule has 0 unspecified atom stereocenters. The van der Waals surface area contributed by atoms with E-state index in [0.717, 1.165) is 12.8 Å². The first kappa shape index (κ1) is 13.1. The van der Waals surface area contributed by atoms with Gasteiger partial charge in [-0.2, -0.15) is 0 Å². The zero-order valence-electron chi connectivity index (χ0n) is 10.2. The number of anilines is 1. The first-order chi connectivity index (χ1) is 9.06. The number of hydrogen-bond acceptors (Lipinski definition) is 3. The smallest absolute Gasteiger partial charge is 0.322 e. The molecule has 2 amide bonds. The summed E-state index contributed by atoms with van der Waals surface area (Å²) in [6.45, 7) is -0.433. The molecule has 19 heavy (non-hydrogen) atoms. The predicted molar refractivity (Wildman–Crippen MR) is 67.8 cm³/mol. The van der Waals surface area contributed by atoms with E-state index < -0.39 is 18.4 Å².